The number of rotatable bonds is 12. The molecule has 0 aliphatic heterocycles. The summed E-state index contributed by atoms with van der Waals surface area (Å²) in [5.41, 5.74) is 0.865. The van der Waals surface area contributed by atoms with Crippen LogP contribution < -0.4 is 20.1 Å². The molecule has 2 fully saturated rings. The van der Waals surface area contributed by atoms with Gasteiger partial charge in [-0.1, -0.05) is 23.7 Å². The van der Waals surface area contributed by atoms with Crippen molar-refractivity contribution in [1.82, 2.24) is 24.6 Å². The number of ether oxygens (including phenoxy) is 1. The third-order valence-corrected chi connectivity index (χ3v) is 9.47. The van der Waals surface area contributed by atoms with Gasteiger partial charge in [0, 0.05) is 22.8 Å². The fourth-order valence-electron chi connectivity index (χ4n) is 4.62. The first-order valence-electron chi connectivity index (χ1n) is 13.3. The van der Waals surface area contributed by atoms with Gasteiger partial charge in [-0.15, -0.1) is 0 Å². The zero-order chi connectivity index (χ0) is 31.0. The first-order valence-corrected chi connectivity index (χ1v) is 15.1. The van der Waals surface area contributed by atoms with Gasteiger partial charge in [-0.25, -0.2) is 13.1 Å². The summed E-state index contributed by atoms with van der Waals surface area (Å²) in [7, 11) is -0.364. The number of anilines is 3. The molecule has 3 N–H and O–H groups in total. The average molecular weight is 640 g/mol. The lowest BCUT2D eigenvalue weighted by atomic mass is 10.1. The topological polar surface area (TPSA) is 138 Å². The normalized spacial score (nSPS) is 16.8. The minimum atomic E-state index is -4.61. The van der Waals surface area contributed by atoms with Crippen molar-refractivity contribution in [3.05, 3.63) is 64.7 Å². The molecule has 2 aliphatic rings. The summed E-state index contributed by atoms with van der Waals surface area (Å²) >= 11 is 6.00. The lowest BCUT2D eigenvalue weighted by molar-refractivity contribution is -0.154. The molecule has 2 aliphatic carbocycles. The molecule has 3 aromatic rings. The van der Waals surface area contributed by atoms with Crippen LogP contribution in [0, 0.1) is 0 Å². The zero-order valence-electron chi connectivity index (χ0n) is 23.2. The van der Waals surface area contributed by atoms with Crippen LogP contribution in [0.1, 0.15) is 41.6 Å². The molecule has 5 rings (SSSR count). The first kappa shape index (κ1) is 30.8. The number of halogens is 4. The Bertz CT molecular complexity index is 1600. The molecule has 0 saturated heterocycles. The van der Waals surface area contributed by atoms with Gasteiger partial charge in [-0.3, -0.25) is 4.79 Å². The van der Waals surface area contributed by atoms with E-state index in [2.05, 4.69) is 30.3 Å². The Kier molecular flexibility index (Phi) is 8.17. The third kappa shape index (κ3) is 7.46. The number of amides is 1. The van der Waals surface area contributed by atoms with Crippen LogP contribution in [-0.2, 0) is 15.6 Å². The third-order valence-electron chi connectivity index (χ3n) is 7.09. The first-order chi connectivity index (χ1) is 20.2. The van der Waals surface area contributed by atoms with Crippen LogP contribution in [0.25, 0.3) is 0 Å². The summed E-state index contributed by atoms with van der Waals surface area (Å²) in [6.07, 6.45) is -2.21. The van der Waals surface area contributed by atoms with Gasteiger partial charge in [0.05, 0.1) is 5.54 Å². The number of carbonyl (C=O) groups excluding carboxylic acids is 1. The van der Waals surface area contributed by atoms with Crippen molar-refractivity contribution < 1.29 is 31.1 Å². The highest BCUT2D eigenvalue weighted by Crippen LogP contribution is 2.48. The summed E-state index contributed by atoms with van der Waals surface area (Å²) < 4.78 is 70.2. The van der Waals surface area contributed by atoms with Gasteiger partial charge < -0.3 is 20.3 Å². The minimum Gasteiger partial charge on any atom is -0.454 e. The van der Waals surface area contributed by atoms with E-state index < -0.39 is 45.0 Å². The van der Waals surface area contributed by atoms with Crippen LogP contribution in [0.4, 0.5) is 30.8 Å². The molecule has 0 unspecified atom stereocenters. The molecule has 1 amide bonds. The van der Waals surface area contributed by atoms with Crippen LogP contribution in [-0.4, -0.2) is 72.3 Å². The number of hydrogen-bond acceptors (Lipinski definition) is 10. The predicted molar refractivity (Wildman–Crippen MR) is 154 cm³/mol. The van der Waals surface area contributed by atoms with Gasteiger partial charge in [0.1, 0.15) is 4.75 Å². The number of aromatic nitrogens is 3. The number of carbonyl (C=O) groups is 1. The Hall–Kier alpha value is -3.69. The Morgan fingerprint density at radius 2 is 1.60 bits per heavy atom. The van der Waals surface area contributed by atoms with Crippen LogP contribution in [0.2, 0.25) is 5.02 Å². The van der Waals surface area contributed by atoms with Crippen molar-refractivity contribution in [3.8, 4) is 6.01 Å². The van der Waals surface area contributed by atoms with Gasteiger partial charge in [-0.05, 0) is 81.7 Å². The van der Waals surface area contributed by atoms with Crippen LogP contribution in [0.5, 0.6) is 6.01 Å². The Morgan fingerprint density at radius 3 is 2.16 bits per heavy atom. The molecule has 11 nitrogen and oxygen atoms in total. The molecule has 2 saturated carbocycles. The maximum Gasteiger partial charge on any atom is 0.422 e. The molecule has 43 heavy (non-hydrogen) atoms. The molecular weight excluding hydrogens is 611 g/mol. The van der Waals surface area contributed by atoms with Gasteiger partial charge in [0.25, 0.3) is 5.91 Å². The van der Waals surface area contributed by atoms with E-state index in [1.165, 1.54) is 24.3 Å². The van der Waals surface area contributed by atoms with E-state index in [9.17, 15) is 26.4 Å². The van der Waals surface area contributed by atoms with Crippen molar-refractivity contribution in [2.45, 2.75) is 42.1 Å². The molecule has 230 valence electrons. The van der Waals surface area contributed by atoms with Crippen molar-refractivity contribution in [2.75, 3.05) is 37.9 Å². The lowest BCUT2D eigenvalue weighted by Gasteiger charge is -2.20. The summed E-state index contributed by atoms with van der Waals surface area (Å²) in [5.74, 6) is -0.890. The number of alkyl halides is 3. The molecule has 0 bridgehead atoms. The molecular formula is C27H29ClF3N7O4S. The maximum atomic E-state index is 12.8. The second-order valence-electron chi connectivity index (χ2n) is 10.9. The van der Waals surface area contributed by atoms with Crippen molar-refractivity contribution in [1.29, 1.82) is 0 Å². The van der Waals surface area contributed by atoms with Crippen LogP contribution in [0.15, 0.2) is 48.5 Å². The summed E-state index contributed by atoms with van der Waals surface area (Å²) in [6.45, 7) is -1.29. The van der Waals surface area contributed by atoms with Gasteiger partial charge >= 0.3 is 12.2 Å². The Morgan fingerprint density at radius 1 is 0.977 bits per heavy atom. The van der Waals surface area contributed by atoms with Crippen molar-refractivity contribution >= 4 is 45.1 Å². The highest BCUT2D eigenvalue weighted by atomic mass is 35.5. The molecule has 0 spiro atoms. The van der Waals surface area contributed by atoms with Crippen LogP contribution in [0.3, 0.4) is 0 Å². The molecule has 0 atom stereocenters. The van der Waals surface area contributed by atoms with E-state index in [1.54, 1.807) is 31.1 Å². The van der Waals surface area contributed by atoms with Gasteiger partial charge in [0.2, 0.25) is 21.9 Å². The fraction of sp³-hybridized carbons (Fsp3) is 0.407. The SMILES string of the molecule is CN(C)CC1(S(=O)(=O)NC(=O)c2ccc(Nc3nc(NC4(c5ccc(Cl)cc5)CC4)nc(OCC(F)(F)F)n3)cc2)CC1. The highest BCUT2D eigenvalue weighted by Gasteiger charge is 2.55. The standard InChI is InChI=1S/C27H29ClF3N7O4S/c1-38(2)15-25(11-12-25)43(40,41)37-21(39)17-3-9-20(10-4-17)32-22-33-23(35-24(34-22)42-16-27(29,30)31)36-26(13-14-26)18-5-7-19(28)8-6-18/h3-10H,11-16H2,1-2H3,(H,37,39)(H2,32,33,34,35,36). The average Bonchev–Trinajstić information content (AvgIpc) is 3.85. The summed E-state index contributed by atoms with van der Waals surface area (Å²) in [5, 5.41) is 6.62. The molecule has 0 radical (unpaired) electrons. The molecule has 1 aromatic heterocycles. The molecule has 2 aromatic carbocycles. The molecule has 1 heterocycles. The minimum absolute atomic E-state index is 0.00458. The largest absolute Gasteiger partial charge is 0.454 e. The van der Waals surface area contributed by atoms with E-state index in [0.717, 1.165) is 18.4 Å². The number of nitrogens with one attached hydrogen (secondary N) is 3. The van der Waals surface area contributed by atoms with E-state index in [4.69, 9.17) is 16.3 Å². The second-order valence-corrected chi connectivity index (χ2v) is 13.5. The van der Waals surface area contributed by atoms with Crippen LogP contribution >= 0.6 is 11.6 Å². The van der Waals surface area contributed by atoms with Gasteiger partial charge in [-0.2, -0.15) is 28.1 Å². The van der Waals surface area contributed by atoms with Gasteiger partial charge in [0.15, 0.2) is 6.61 Å². The van der Waals surface area contributed by atoms with Crippen molar-refractivity contribution in [3.63, 3.8) is 0 Å². The quantitative estimate of drug-likeness (QED) is 0.260. The molecule has 16 heteroatoms. The monoisotopic (exact) mass is 639 g/mol. The van der Waals surface area contributed by atoms with E-state index in [-0.39, 0.29) is 17.5 Å². The number of hydrogen-bond donors (Lipinski definition) is 3. The second kappa shape index (κ2) is 11.4. The highest BCUT2D eigenvalue weighted by molar-refractivity contribution is 7.91. The Labute approximate surface area is 251 Å². The summed E-state index contributed by atoms with van der Waals surface area (Å²) in [4.78, 5) is 26.8. The number of sulfonamides is 1. The number of benzene rings is 2. The summed E-state index contributed by atoms with van der Waals surface area (Å²) in [6, 6.07) is 12.4. The van der Waals surface area contributed by atoms with E-state index >= 15 is 0 Å². The predicted octanol–water partition coefficient (Wildman–Crippen LogP) is 4.46. The zero-order valence-corrected chi connectivity index (χ0v) is 24.8. The van der Waals surface area contributed by atoms with Crippen molar-refractivity contribution in [2.24, 2.45) is 0 Å². The fourth-order valence-corrected chi connectivity index (χ4v) is 6.40. The number of nitrogens with zero attached hydrogens (tertiary/aromatic N) is 4. The lowest BCUT2D eigenvalue weighted by Crippen LogP contribution is -2.44. The van der Waals surface area contributed by atoms with E-state index in [0.29, 0.717) is 30.1 Å². The maximum absolute atomic E-state index is 12.8. The smallest absolute Gasteiger partial charge is 0.422 e. The van der Waals surface area contributed by atoms with E-state index in [1.807, 2.05) is 12.1 Å². The Balaban J connectivity index is 1.32.